The van der Waals surface area contributed by atoms with Crippen molar-refractivity contribution >= 4 is 27.3 Å². The van der Waals surface area contributed by atoms with E-state index >= 15 is 0 Å². The molecule has 0 spiro atoms. The molecule has 7 nitrogen and oxygen atoms in total. The zero-order valence-corrected chi connectivity index (χ0v) is 14.8. The van der Waals surface area contributed by atoms with Crippen LogP contribution in [-0.4, -0.2) is 48.0 Å². The number of rotatable bonds is 5. The number of sulfonamides is 1. The molecule has 3 rings (SSSR count). The van der Waals surface area contributed by atoms with Gasteiger partial charge in [0.2, 0.25) is 10.0 Å². The molecule has 0 aliphatic carbocycles. The van der Waals surface area contributed by atoms with Gasteiger partial charge in [-0.3, -0.25) is 4.79 Å². The molecule has 24 heavy (non-hydrogen) atoms. The lowest BCUT2D eigenvalue weighted by molar-refractivity contribution is 0.0992. The molecule has 2 aromatic rings. The van der Waals surface area contributed by atoms with Gasteiger partial charge in [0.05, 0.1) is 0 Å². The van der Waals surface area contributed by atoms with Gasteiger partial charge in [0.1, 0.15) is 10.6 Å². The Hall–Kier alpha value is -1.68. The van der Waals surface area contributed by atoms with Gasteiger partial charge in [-0.15, -0.1) is 0 Å². The fourth-order valence-electron chi connectivity index (χ4n) is 3.15. The van der Waals surface area contributed by atoms with Gasteiger partial charge in [-0.05, 0) is 28.5 Å². The van der Waals surface area contributed by atoms with E-state index in [0.717, 1.165) is 5.56 Å². The van der Waals surface area contributed by atoms with Crippen LogP contribution in [0.5, 0.6) is 0 Å². The molecule has 1 aliphatic rings. The number of hydrogen-bond donors (Lipinski definition) is 2. The van der Waals surface area contributed by atoms with Gasteiger partial charge >= 0.3 is 0 Å². The van der Waals surface area contributed by atoms with Crippen LogP contribution in [0, 0.1) is 5.92 Å². The van der Waals surface area contributed by atoms with Gasteiger partial charge < -0.3 is 15.4 Å². The summed E-state index contributed by atoms with van der Waals surface area (Å²) in [7, 11) is -2.17. The molecular formula is C15H19N3O4S2. The van der Waals surface area contributed by atoms with Crippen LogP contribution in [0.2, 0.25) is 0 Å². The summed E-state index contributed by atoms with van der Waals surface area (Å²) >= 11 is 1.55. The minimum Gasteiger partial charge on any atom is -0.396 e. The second-order valence-electron chi connectivity index (χ2n) is 5.96. The molecule has 2 atom stereocenters. The molecule has 1 amide bonds. The highest BCUT2D eigenvalue weighted by molar-refractivity contribution is 7.89. The highest BCUT2D eigenvalue weighted by Gasteiger charge is 2.40. The molecule has 9 heteroatoms. The van der Waals surface area contributed by atoms with Gasteiger partial charge in [-0.1, -0.05) is 0 Å². The summed E-state index contributed by atoms with van der Waals surface area (Å²) in [6, 6.07) is 3.26. The zero-order chi connectivity index (χ0) is 17.5. The Morgan fingerprint density at radius 3 is 2.75 bits per heavy atom. The van der Waals surface area contributed by atoms with Crippen molar-refractivity contribution in [1.29, 1.82) is 0 Å². The SMILES string of the molecule is Cn1cc(S(=O)(=O)N2C[C@@H](CO)[C@@H](c3ccsc3)C2)cc1C(N)=O. The topological polar surface area (TPSA) is 106 Å². The van der Waals surface area contributed by atoms with E-state index in [0.29, 0.717) is 6.54 Å². The Kier molecular flexibility index (Phi) is 4.52. The van der Waals surface area contributed by atoms with Crippen LogP contribution in [0.4, 0.5) is 0 Å². The number of nitrogens with two attached hydrogens (primary N) is 1. The van der Waals surface area contributed by atoms with E-state index < -0.39 is 15.9 Å². The average Bonchev–Trinajstić information content (AvgIpc) is 3.25. The Balaban J connectivity index is 1.91. The lowest BCUT2D eigenvalue weighted by Crippen LogP contribution is -2.29. The number of amides is 1. The predicted molar refractivity (Wildman–Crippen MR) is 90.3 cm³/mol. The first-order valence-corrected chi connectivity index (χ1v) is 9.82. The van der Waals surface area contributed by atoms with Crippen LogP contribution in [0.3, 0.4) is 0 Å². The van der Waals surface area contributed by atoms with Crippen molar-refractivity contribution in [3.8, 4) is 0 Å². The number of aliphatic hydroxyl groups excluding tert-OH is 1. The monoisotopic (exact) mass is 369 g/mol. The lowest BCUT2D eigenvalue weighted by Gasteiger charge is -2.15. The van der Waals surface area contributed by atoms with Crippen LogP contribution < -0.4 is 5.73 Å². The normalized spacial score (nSPS) is 22.1. The van der Waals surface area contributed by atoms with Gasteiger partial charge in [-0.2, -0.15) is 15.6 Å². The summed E-state index contributed by atoms with van der Waals surface area (Å²) in [6.45, 7) is 0.485. The quantitative estimate of drug-likeness (QED) is 0.804. The molecule has 0 unspecified atom stereocenters. The van der Waals surface area contributed by atoms with Gasteiger partial charge in [0, 0.05) is 44.8 Å². The van der Waals surface area contributed by atoms with E-state index in [-0.39, 0.29) is 35.6 Å². The Bertz CT molecular complexity index is 842. The number of nitrogens with zero attached hydrogens (tertiary/aromatic N) is 2. The fraction of sp³-hybridized carbons (Fsp3) is 0.400. The maximum Gasteiger partial charge on any atom is 0.265 e. The van der Waals surface area contributed by atoms with E-state index in [1.807, 2.05) is 16.8 Å². The van der Waals surface area contributed by atoms with Crippen molar-refractivity contribution in [1.82, 2.24) is 8.87 Å². The minimum atomic E-state index is -3.74. The van der Waals surface area contributed by atoms with Gasteiger partial charge in [-0.25, -0.2) is 8.42 Å². The van der Waals surface area contributed by atoms with Crippen LogP contribution in [0.15, 0.2) is 34.0 Å². The van der Waals surface area contributed by atoms with Crippen LogP contribution >= 0.6 is 11.3 Å². The summed E-state index contributed by atoms with van der Waals surface area (Å²) in [5.74, 6) is -0.853. The molecule has 2 aromatic heterocycles. The molecule has 130 valence electrons. The number of primary amides is 1. The van der Waals surface area contributed by atoms with E-state index in [2.05, 4.69) is 0 Å². The zero-order valence-electron chi connectivity index (χ0n) is 13.1. The van der Waals surface area contributed by atoms with E-state index in [1.165, 1.54) is 21.1 Å². The maximum absolute atomic E-state index is 12.9. The van der Waals surface area contributed by atoms with Crippen molar-refractivity contribution in [2.45, 2.75) is 10.8 Å². The predicted octanol–water partition coefficient (Wildman–Crippen LogP) is 0.582. The Labute approximate surface area is 144 Å². The highest BCUT2D eigenvalue weighted by Crippen LogP contribution is 2.36. The molecule has 0 aromatic carbocycles. The van der Waals surface area contributed by atoms with E-state index in [4.69, 9.17) is 5.73 Å². The van der Waals surface area contributed by atoms with Crippen molar-refractivity contribution in [2.75, 3.05) is 19.7 Å². The molecule has 0 bridgehead atoms. The second kappa shape index (κ2) is 6.32. The number of carbonyl (C=O) groups excluding carboxylic acids is 1. The molecule has 0 radical (unpaired) electrons. The third kappa shape index (κ3) is 2.88. The number of aromatic nitrogens is 1. The van der Waals surface area contributed by atoms with Crippen molar-refractivity contribution < 1.29 is 18.3 Å². The summed E-state index contributed by atoms with van der Waals surface area (Å²) in [5.41, 5.74) is 6.44. The van der Waals surface area contributed by atoms with Crippen molar-refractivity contribution in [3.05, 3.63) is 40.3 Å². The first-order chi connectivity index (χ1) is 11.3. The van der Waals surface area contributed by atoms with Crippen molar-refractivity contribution in [2.24, 2.45) is 18.7 Å². The molecule has 0 saturated carbocycles. The third-order valence-corrected chi connectivity index (χ3v) is 6.98. The summed E-state index contributed by atoms with van der Waals surface area (Å²) in [6.07, 6.45) is 1.39. The third-order valence-electron chi connectivity index (χ3n) is 4.48. The summed E-state index contributed by atoms with van der Waals surface area (Å²) < 4.78 is 28.5. The molecular weight excluding hydrogens is 350 g/mol. The van der Waals surface area contributed by atoms with Crippen LogP contribution in [0.1, 0.15) is 22.0 Å². The molecule has 1 saturated heterocycles. The highest BCUT2D eigenvalue weighted by atomic mass is 32.2. The van der Waals surface area contributed by atoms with Crippen LogP contribution in [0.25, 0.3) is 0 Å². The Morgan fingerprint density at radius 1 is 1.46 bits per heavy atom. The average molecular weight is 369 g/mol. The standard InChI is InChI=1S/C15H19N3O4S2/c1-17-6-12(4-14(17)15(16)20)24(21,22)18-5-11(8-19)13(7-18)10-2-3-23-9-10/h2-4,6,9,11,13,19H,5,7-8H2,1H3,(H2,16,20)/t11-,13+/m0/s1. The van der Waals surface area contributed by atoms with Gasteiger partial charge in [0.15, 0.2) is 0 Å². The van der Waals surface area contributed by atoms with Crippen LogP contribution in [-0.2, 0) is 17.1 Å². The lowest BCUT2D eigenvalue weighted by atomic mass is 9.92. The van der Waals surface area contributed by atoms with Gasteiger partial charge in [0.25, 0.3) is 5.91 Å². The fourth-order valence-corrected chi connectivity index (χ4v) is 5.47. The first kappa shape index (κ1) is 17.2. The first-order valence-electron chi connectivity index (χ1n) is 7.44. The maximum atomic E-state index is 12.9. The smallest absolute Gasteiger partial charge is 0.265 e. The molecule has 1 aliphatic heterocycles. The summed E-state index contributed by atoms with van der Waals surface area (Å²) in [4.78, 5) is 11.4. The number of hydrogen-bond acceptors (Lipinski definition) is 5. The molecule has 3 N–H and O–H groups in total. The molecule has 1 fully saturated rings. The number of aliphatic hydroxyl groups is 1. The van der Waals surface area contributed by atoms with Crippen molar-refractivity contribution in [3.63, 3.8) is 0 Å². The second-order valence-corrected chi connectivity index (χ2v) is 8.68. The largest absolute Gasteiger partial charge is 0.396 e. The van der Waals surface area contributed by atoms with E-state index in [9.17, 15) is 18.3 Å². The number of aryl methyl sites for hydroxylation is 1. The molecule has 3 heterocycles. The number of thiophene rings is 1. The minimum absolute atomic E-state index is 0.0321. The van der Waals surface area contributed by atoms with E-state index in [1.54, 1.807) is 18.4 Å². The Morgan fingerprint density at radius 2 is 2.21 bits per heavy atom. The number of carbonyl (C=O) groups is 1. The summed E-state index contributed by atoms with van der Waals surface area (Å²) in [5, 5.41) is 13.6.